The topological polar surface area (TPSA) is 171 Å². The number of aromatic carboxylic acids is 1. The van der Waals surface area contributed by atoms with Gasteiger partial charge in [0, 0.05) is 16.8 Å². The summed E-state index contributed by atoms with van der Waals surface area (Å²) in [6, 6.07) is 12.3. The molecule has 2 aliphatic heterocycles. The average molecular weight is 777 g/mol. The summed E-state index contributed by atoms with van der Waals surface area (Å²) in [5, 5.41) is 44.9. The van der Waals surface area contributed by atoms with Crippen LogP contribution in [-0.4, -0.2) is 66.6 Å². The first-order chi connectivity index (χ1) is 27.0. The summed E-state index contributed by atoms with van der Waals surface area (Å²) >= 11 is 0. The van der Waals surface area contributed by atoms with Gasteiger partial charge in [-0.25, -0.2) is 32.9 Å². The Balaban J connectivity index is 0.000000174. The van der Waals surface area contributed by atoms with Gasteiger partial charge in [0.15, 0.2) is 0 Å². The zero-order valence-electron chi connectivity index (χ0n) is 33.3. The Kier molecular flexibility index (Phi) is 10.3. The molecule has 296 valence electrons. The number of pyridine rings is 2. The van der Waals surface area contributed by atoms with Gasteiger partial charge in [-0.1, -0.05) is 52.0 Å². The Hall–Kier alpha value is -5.83. The quantitative estimate of drug-likeness (QED) is 0.169. The fraction of sp³-hybridized carbons (Fsp3) is 0.405. The zero-order chi connectivity index (χ0) is 41.0. The SMILES string of the molecule is CC(C)c1nc2c(c(-c3ccc(F)cc3)c1C(=O)O)CCC(C)(C)n1nnnc1-2.CC(C)c1nc2c(c(-c3ccc(F)cc3)c1CO)CCC(C)(C)n1nnnc1-2. The van der Waals surface area contributed by atoms with Crippen LogP contribution in [0.3, 0.4) is 0 Å². The van der Waals surface area contributed by atoms with Crippen molar-refractivity contribution in [2.45, 2.75) is 111 Å². The number of hydrogen-bond donors (Lipinski definition) is 2. The van der Waals surface area contributed by atoms with Crippen LogP contribution in [0.4, 0.5) is 8.78 Å². The molecule has 0 radical (unpaired) electrons. The minimum absolute atomic E-state index is 0.104. The molecule has 13 nitrogen and oxygen atoms in total. The molecule has 2 aliphatic rings. The van der Waals surface area contributed by atoms with Gasteiger partial charge in [0.1, 0.15) is 23.0 Å². The predicted molar refractivity (Wildman–Crippen MR) is 209 cm³/mol. The summed E-state index contributed by atoms with van der Waals surface area (Å²) in [4.78, 5) is 22.0. The molecule has 4 aromatic heterocycles. The third kappa shape index (κ3) is 7.09. The molecule has 0 atom stereocenters. The minimum atomic E-state index is -1.05. The number of carboxylic acid groups (broad SMARTS) is 1. The van der Waals surface area contributed by atoms with Gasteiger partial charge in [0.25, 0.3) is 0 Å². The van der Waals surface area contributed by atoms with Gasteiger partial charge in [0.2, 0.25) is 11.6 Å². The summed E-state index contributed by atoms with van der Waals surface area (Å²) < 4.78 is 30.7. The van der Waals surface area contributed by atoms with Gasteiger partial charge in [-0.3, -0.25) is 0 Å². The average Bonchev–Trinajstić information content (AvgIpc) is 3.84. The van der Waals surface area contributed by atoms with Crippen molar-refractivity contribution in [3.8, 4) is 45.3 Å². The molecule has 0 bridgehead atoms. The fourth-order valence-electron chi connectivity index (χ4n) is 7.91. The smallest absolute Gasteiger partial charge is 0.338 e. The number of tetrazole rings is 2. The van der Waals surface area contributed by atoms with Crippen LogP contribution < -0.4 is 0 Å². The number of nitrogens with zero attached hydrogens (tertiary/aromatic N) is 10. The van der Waals surface area contributed by atoms with Crippen LogP contribution in [0, 0.1) is 11.6 Å². The van der Waals surface area contributed by atoms with Crippen LogP contribution in [-0.2, 0) is 30.5 Å². The second-order valence-corrected chi connectivity index (χ2v) is 16.5. The summed E-state index contributed by atoms with van der Waals surface area (Å²) in [7, 11) is 0. The molecule has 6 heterocycles. The van der Waals surface area contributed by atoms with E-state index < -0.39 is 5.97 Å². The molecule has 0 aliphatic carbocycles. The van der Waals surface area contributed by atoms with Crippen LogP contribution in [0.15, 0.2) is 48.5 Å². The van der Waals surface area contributed by atoms with Gasteiger partial charge in [-0.15, -0.1) is 10.2 Å². The molecule has 0 amide bonds. The van der Waals surface area contributed by atoms with Crippen molar-refractivity contribution in [1.29, 1.82) is 0 Å². The fourth-order valence-corrected chi connectivity index (χ4v) is 7.91. The van der Waals surface area contributed by atoms with E-state index >= 15 is 0 Å². The van der Waals surface area contributed by atoms with Crippen molar-refractivity contribution >= 4 is 5.97 Å². The van der Waals surface area contributed by atoms with Crippen molar-refractivity contribution in [2.24, 2.45) is 0 Å². The van der Waals surface area contributed by atoms with E-state index in [0.29, 0.717) is 47.0 Å². The lowest BCUT2D eigenvalue weighted by atomic mass is 9.86. The standard InChI is InChI=1S/C21H22FN5O2.C21H24FN5O/c1-11(2)17-16(20(28)29)15(12-5-7-13(22)8-6-12)14-9-10-21(3,4)27-19(18(14)23-17)24-25-26-27;1-12(2)18-16(11-28)17(13-5-7-14(22)8-6-13)15-9-10-21(3,4)27-20(19(15)23-18)24-25-26-27/h5-8,11H,9-10H2,1-4H3,(H,28,29);5-8,12,28H,9-11H2,1-4H3. The number of hydrogen-bond acceptors (Lipinski definition) is 10. The highest BCUT2D eigenvalue weighted by molar-refractivity contribution is 5.99. The van der Waals surface area contributed by atoms with Crippen molar-refractivity contribution in [3.05, 3.63) is 93.8 Å². The van der Waals surface area contributed by atoms with E-state index in [9.17, 15) is 23.8 Å². The van der Waals surface area contributed by atoms with E-state index in [-0.39, 0.29) is 46.7 Å². The molecular formula is C42H46F2N10O3. The van der Waals surface area contributed by atoms with E-state index in [1.165, 1.54) is 24.3 Å². The number of benzene rings is 2. The van der Waals surface area contributed by atoms with Gasteiger partial charge >= 0.3 is 5.97 Å². The summed E-state index contributed by atoms with van der Waals surface area (Å²) in [5.74, 6) is -0.592. The molecule has 0 saturated heterocycles. The van der Waals surface area contributed by atoms with Crippen LogP contribution in [0.1, 0.15) is 119 Å². The number of aliphatic hydroxyl groups is 1. The largest absolute Gasteiger partial charge is 0.478 e. The monoisotopic (exact) mass is 776 g/mol. The number of carbonyl (C=O) groups is 1. The Bertz CT molecular complexity index is 2470. The lowest BCUT2D eigenvalue weighted by Gasteiger charge is -2.23. The number of halogens is 2. The minimum Gasteiger partial charge on any atom is -0.478 e. The highest BCUT2D eigenvalue weighted by atomic mass is 19.1. The number of fused-ring (bicyclic) bond motifs is 6. The third-order valence-electron chi connectivity index (χ3n) is 11.0. The molecule has 0 unspecified atom stereocenters. The van der Waals surface area contributed by atoms with Gasteiger partial charge in [-0.05, 0) is 138 Å². The Labute approximate surface area is 329 Å². The molecule has 6 aromatic rings. The number of carboxylic acids is 1. The first kappa shape index (κ1) is 39.4. The second-order valence-electron chi connectivity index (χ2n) is 16.5. The molecule has 57 heavy (non-hydrogen) atoms. The van der Waals surface area contributed by atoms with Gasteiger partial charge in [-0.2, -0.15) is 0 Å². The lowest BCUT2D eigenvalue weighted by Crippen LogP contribution is -2.27. The maximum atomic E-state index is 13.6. The molecule has 15 heteroatoms. The Morgan fingerprint density at radius 1 is 0.702 bits per heavy atom. The summed E-state index contributed by atoms with van der Waals surface area (Å²) in [6.45, 7) is 16.1. The van der Waals surface area contributed by atoms with E-state index in [2.05, 4.69) is 44.9 Å². The normalized spacial score (nSPS) is 15.1. The van der Waals surface area contributed by atoms with E-state index in [4.69, 9.17) is 9.97 Å². The molecule has 2 aromatic carbocycles. The van der Waals surface area contributed by atoms with Crippen LogP contribution >= 0.6 is 0 Å². The van der Waals surface area contributed by atoms with Crippen molar-refractivity contribution in [1.82, 2.24) is 50.4 Å². The van der Waals surface area contributed by atoms with Crippen LogP contribution in [0.25, 0.3) is 45.3 Å². The number of aliphatic hydroxyl groups excluding tert-OH is 1. The number of aromatic nitrogens is 10. The Morgan fingerprint density at radius 3 is 1.54 bits per heavy atom. The van der Waals surface area contributed by atoms with E-state index in [1.54, 1.807) is 28.9 Å². The van der Waals surface area contributed by atoms with Crippen molar-refractivity contribution < 1.29 is 23.8 Å². The molecule has 0 saturated carbocycles. The van der Waals surface area contributed by atoms with Crippen molar-refractivity contribution in [2.75, 3.05) is 0 Å². The van der Waals surface area contributed by atoms with E-state index in [0.717, 1.165) is 52.0 Å². The molecule has 0 spiro atoms. The highest BCUT2D eigenvalue weighted by Gasteiger charge is 2.37. The molecular weight excluding hydrogens is 731 g/mol. The first-order valence-electron chi connectivity index (χ1n) is 19.1. The summed E-state index contributed by atoms with van der Waals surface area (Å²) in [5.41, 5.74) is 7.71. The van der Waals surface area contributed by atoms with Gasteiger partial charge < -0.3 is 10.2 Å². The van der Waals surface area contributed by atoms with Crippen LogP contribution in [0.2, 0.25) is 0 Å². The Morgan fingerprint density at radius 2 is 1.12 bits per heavy atom. The lowest BCUT2D eigenvalue weighted by molar-refractivity contribution is 0.0695. The molecule has 8 rings (SSSR count). The maximum Gasteiger partial charge on any atom is 0.338 e. The summed E-state index contributed by atoms with van der Waals surface area (Å²) in [6.07, 6.45) is 2.86. The maximum absolute atomic E-state index is 13.6. The van der Waals surface area contributed by atoms with E-state index in [1.807, 2.05) is 46.2 Å². The number of rotatable bonds is 6. The zero-order valence-corrected chi connectivity index (χ0v) is 33.3. The van der Waals surface area contributed by atoms with Crippen LogP contribution in [0.5, 0.6) is 0 Å². The molecule has 0 fully saturated rings. The molecule has 2 N–H and O–H groups in total. The highest BCUT2D eigenvalue weighted by Crippen LogP contribution is 2.43. The van der Waals surface area contributed by atoms with Crippen molar-refractivity contribution in [3.63, 3.8) is 0 Å². The van der Waals surface area contributed by atoms with Gasteiger partial charge in [0.05, 0.1) is 28.9 Å². The third-order valence-corrected chi connectivity index (χ3v) is 11.0. The predicted octanol–water partition coefficient (Wildman–Crippen LogP) is 7.88. The first-order valence-corrected chi connectivity index (χ1v) is 19.1. The second kappa shape index (κ2) is 14.9.